The van der Waals surface area contributed by atoms with Gasteiger partial charge in [-0.3, -0.25) is 0 Å². The molecule has 0 bridgehead atoms. The van der Waals surface area contributed by atoms with Crippen LogP contribution in [0.5, 0.6) is 0 Å². The fourth-order valence-corrected chi connectivity index (χ4v) is 5.11. The highest BCUT2D eigenvalue weighted by atomic mass is 16.5. The maximum absolute atomic E-state index is 12.6. The monoisotopic (exact) mass is 468 g/mol. The maximum atomic E-state index is 12.6. The van der Waals surface area contributed by atoms with Crippen LogP contribution in [0.4, 0.5) is 0 Å². The molecule has 2 rings (SSSR count). The molecule has 1 fully saturated rings. The number of esters is 1. The lowest BCUT2D eigenvalue weighted by molar-refractivity contribution is 0.00985. The average Bonchev–Trinajstić information content (AvgIpc) is 2.87. The summed E-state index contributed by atoms with van der Waals surface area (Å²) in [7, 11) is 0. The number of aromatic nitrogens is 1. The smallest absolute Gasteiger partial charge is 0.357 e. The summed E-state index contributed by atoms with van der Waals surface area (Å²) in [4.78, 5) is 17.0. The number of carbonyl (C=O) groups excluding carboxylic acids is 1. The van der Waals surface area contributed by atoms with E-state index in [1.165, 1.54) is 82.6 Å². The first-order valence-electron chi connectivity index (χ1n) is 14.2. The van der Waals surface area contributed by atoms with Gasteiger partial charge >= 0.3 is 5.97 Å². The van der Waals surface area contributed by atoms with Crippen molar-refractivity contribution in [2.45, 2.75) is 142 Å². The first kappa shape index (κ1) is 28.3. The van der Waals surface area contributed by atoms with Crippen molar-refractivity contribution in [3.05, 3.63) is 29.6 Å². The Morgan fingerprint density at radius 3 is 2.09 bits per heavy atom. The number of unbranched alkanes of at least 4 members (excludes halogenated alkanes) is 11. The van der Waals surface area contributed by atoms with Crippen molar-refractivity contribution in [1.82, 2.24) is 4.98 Å². The molecule has 0 aliphatic heterocycles. The first-order chi connectivity index (χ1) is 16.6. The summed E-state index contributed by atoms with van der Waals surface area (Å²) in [5.41, 5.74) is 1.37. The summed E-state index contributed by atoms with van der Waals surface area (Å²) in [6, 6.07) is 6.43. The minimum atomic E-state index is -0.326. The predicted molar refractivity (Wildman–Crippen MR) is 140 cm³/mol. The molecule has 0 radical (unpaired) electrons. The van der Waals surface area contributed by atoms with Crippen LogP contribution in [0.25, 0.3) is 0 Å². The Morgan fingerprint density at radius 2 is 1.53 bits per heavy atom. The van der Waals surface area contributed by atoms with E-state index < -0.39 is 0 Å². The van der Waals surface area contributed by atoms with E-state index in [2.05, 4.69) is 24.9 Å². The highest BCUT2D eigenvalue weighted by Gasteiger charge is 2.36. The van der Waals surface area contributed by atoms with Gasteiger partial charge in [0.2, 0.25) is 0 Å². The van der Waals surface area contributed by atoms with Crippen molar-refractivity contribution >= 4 is 5.97 Å². The largest absolute Gasteiger partial charge is 0.458 e. The van der Waals surface area contributed by atoms with E-state index in [-0.39, 0.29) is 17.5 Å². The third kappa shape index (κ3) is 10.6. The first-order valence-corrected chi connectivity index (χ1v) is 14.2. The van der Waals surface area contributed by atoms with Gasteiger partial charge in [0.1, 0.15) is 11.8 Å². The summed E-state index contributed by atoms with van der Waals surface area (Å²) in [6.07, 6.45) is 23.6. The van der Waals surface area contributed by atoms with Crippen molar-refractivity contribution in [2.75, 3.05) is 0 Å². The van der Waals surface area contributed by atoms with E-state index in [1.54, 1.807) is 6.07 Å². The van der Waals surface area contributed by atoms with Crippen molar-refractivity contribution in [3.63, 3.8) is 0 Å². The molecule has 0 saturated heterocycles. The van der Waals surface area contributed by atoms with Crippen LogP contribution in [0.1, 0.15) is 145 Å². The van der Waals surface area contributed by atoms with Gasteiger partial charge in [-0.1, -0.05) is 97.0 Å². The number of carbonyl (C=O) groups is 1. The normalized spacial score (nSPS) is 20.1. The van der Waals surface area contributed by atoms with Gasteiger partial charge in [0.15, 0.2) is 0 Å². The van der Waals surface area contributed by atoms with E-state index in [0.717, 1.165) is 44.9 Å². The molecule has 4 nitrogen and oxygen atoms in total. The molecule has 1 aliphatic rings. The molecule has 190 valence electrons. The van der Waals surface area contributed by atoms with Gasteiger partial charge in [-0.25, -0.2) is 9.78 Å². The lowest BCUT2D eigenvalue weighted by Crippen LogP contribution is -2.31. The number of rotatable bonds is 17. The molecule has 1 heterocycles. The van der Waals surface area contributed by atoms with Gasteiger partial charge < -0.3 is 4.74 Å². The molecule has 0 amide bonds. The Balaban J connectivity index is 1.65. The fourth-order valence-electron chi connectivity index (χ4n) is 5.11. The van der Waals surface area contributed by atoms with Crippen LogP contribution in [0, 0.1) is 16.7 Å². The summed E-state index contributed by atoms with van der Waals surface area (Å²) >= 11 is 0. The van der Waals surface area contributed by atoms with Crippen LogP contribution in [0.2, 0.25) is 0 Å². The average molecular weight is 469 g/mol. The highest BCUT2D eigenvalue weighted by molar-refractivity contribution is 5.87. The van der Waals surface area contributed by atoms with Gasteiger partial charge in [0, 0.05) is 6.20 Å². The number of pyridine rings is 1. The van der Waals surface area contributed by atoms with Crippen LogP contribution in [-0.2, 0) is 11.2 Å². The maximum Gasteiger partial charge on any atom is 0.357 e. The van der Waals surface area contributed by atoms with E-state index >= 15 is 0 Å². The summed E-state index contributed by atoms with van der Waals surface area (Å²) in [5, 5.41) is 9.78. The number of nitriles is 1. The van der Waals surface area contributed by atoms with Crippen LogP contribution < -0.4 is 0 Å². The Morgan fingerprint density at radius 1 is 0.941 bits per heavy atom. The Labute approximate surface area is 208 Å². The Kier molecular flexibility index (Phi) is 13.9. The second-order valence-electron chi connectivity index (χ2n) is 10.4. The molecule has 4 heteroatoms. The SMILES string of the molecule is CCCCCCCCCCc1ccc(C(=O)OC2CCC(C#N)(CCCCCCC)CC2)nc1. The molecule has 0 aromatic carbocycles. The van der Waals surface area contributed by atoms with Crippen LogP contribution in [0.15, 0.2) is 18.3 Å². The quantitative estimate of drug-likeness (QED) is 0.169. The molecule has 0 unspecified atom stereocenters. The van der Waals surface area contributed by atoms with Crippen LogP contribution >= 0.6 is 0 Å². The van der Waals surface area contributed by atoms with Gasteiger partial charge in [0.05, 0.1) is 11.5 Å². The second-order valence-corrected chi connectivity index (χ2v) is 10.4. The van der Waals surface area contributed by atoms with E-state index in [0.29, 0.717) is 5.69 Å². The van der Waals surface area contributed by atoms with Gasteiger partial charge in [-0.05, 0) is 56.6 Å². The molecule has 0 spiro atoms. The topological polar surface area (TPSA) is 63.0 Å². The van der Waals surface area contributed by atoms with E-state index in [1.807, 2.05) is 12.3 Å². The molecule has 0 N–H and O–H groups in total. The third-order valence-corrected chi connectivity index (χ3v) is 7.51. The zero-order valence-electron chi connectivity index (χ0n) is 22.0. The van der Waals surface area contributed by atoms with Crippen molar-refractivity contribution in [2.24, 2.45) is 5.41 Å². The van der Waals surface area contributed by atoms with E-state index in [9.17, 15) is 10.1 Å². The third-order valence-electron chi connectivity index (χ3n) is 7.51. The number of aryl methyl sites for hydroxylation is 1. The fraction of sp³-hybridized carbons (Fsp3) is 0.767. The molecule has 1 saturated carbocycles. The number of hydrogen-bond acceptors (Lipinski definition) is 4. The van der Waals surface area contributed by atoms with Gasteiger partial charge in [0.25, 0.3) is 0 Å². The Bertz CT molecular complexity index is 714. The van der Waals surface area contributed by atoms with Crippen molar-refractivity contribution in [3.8, 4) is 6.07 Å². The molecule has 0 atom stereocenters. The molecule has 1 aromatic heterocycles. The van der Waals surface area contributed by atoms with Crippen molar-refractivity contribution in [1.29, 1.82) is 5.26 Å². The predicted octanol–water partition coefficient (Wildman–Crippen LogP) is 8.73. The number of hydrogen-bond donors (Lipinski definition) is 0. The minimum Gasteiger partial charge on any atom is -0.458 e. The lowest BCUT2D eigenvalue weighted by Gasteiger charge is -2.34. The zero-order chi connectivity index (χ0) is 24.5. The molecular formula is C30H48N2O2. The van der Waals surface area contributed by atoms with Crippen LogP contribution in [0.3, 0.4) is 0 Å². The summed E-state index contributed by atoms with van der Waals surface area (Å²) in [5.74, 6) is -0.326. The summed E-state index contributed by atoms with van der Waals surface area (Å²) in [6.45, 7) is 4.48. The standard InChI is InChI=1S/C30H48N2O2/c1-3-5-7-9-10-11-12-14-16-26-17-18-28(32-24-26)29(33)34-27-19-22-30(25-31,23-20-27)21-15-13-8-6-4-2/h17-18,24,27H,3-16,19-23H2,1-2H3. The van der Waals surface area contributed by atoms with Crippen molar-refractivity contribution < 1.29 is 9.53 Å². The second kappa shape index (κ2) is 16.7. The summed E-state index contributed by atoms with van der Waals surface area (Å²) < 4.78 is 5.76. The minimum absolute atomic E-state index is 0.0899. The molecular weight excluding hydrogens is 420 g/mol. The van der Waals surface area contributed by atoms with Gasteiger partial charge in [-0.2, -0.15) is 5.26 Å². The lowest BCUT2D eigenvalue weighted by atomic mass is 9.71. The zero-order valence-corrected chi connectivity index (χ0v) is 22.0. The van der Waals surface area contributed by atoms with Gasteiger partial charge in [-0.15, -0.1) is 0 Å². The number of ether oxygens (including phenoxy) is 1. The molecule has 1 aliphatic carbocycles. The molecule has 34 heavy (non-hydrogen) atoms. The van der Waals surface area contributed by atoms with E-state index in [4.69, 9.17) is 4.74 Å². The number of nitrogens with zero attached hydrogens (tertiary/aromatic N) is 2. The molecule has 1 aromatic rings. The highest BCUT2D eigenvalue weighted by Crippen LogP contribution is 2.41. The van der Waals surface area contributed by atoms with Crippen LogP contribution in [-0.4, -0.2) is 17.1 Å². The Hall–Kier alpha value is -1.89.